The molecular weight excluding hydrogens is 308 g/mol. The van der Waals surface area contributed by atoms with Crippen molar-refractivity contribution in [2.75, 3.05) is 33.3 Å². The van der Waals surface area contributed by atoms with Gasteiger partial charge in [0.2, 0.25) is 0 Å². The van der Waals surface area contributed by atoms with Crippen LogP contribution in [0.5, 0.6) is 0 Å². The van der Waals surface area contributed by atoms with Crippen molar-refractivity contribution in [2.24, 2.45) is 5.92 Å². The summed E-state index contributed by atoms with van der Waals surface area (Å²) in [6.07, 6.45) is 7.82. The van der Waals surface area contributed by atoms with Crippen LogP contribution in [0, 0.1) is 5.92 Å². The number of hydrogen-bond donors (Lipinski definition) is 0. The lowest BCUT2D eigenvalue weighted by atomic mass is 9.94. The third-order valence-electron chi connectivity index (χ3n) is 5.61. The Morgan fingerprint density at radius 3 is 2.21 bits per heavy atom. The van der Waals surface area contributed by atoms with E-state index in [0.29, 0.717) is 6.54 Å². The van der Waals surface area contributed by atoms with Crippen molar-refractivity contribution in [3.63, 3.8) is 0 Å². The highest BCUT2D eigenvalue weighted by Crippen LogP contribution is 2.26. The van der Waals surface area contributed by atoms with Gasteiger partial charge in [-0.2, -0.15) is 0 Å². The Hall–Kier alpha value is -1.30. The van der Waals surface area contributed by atoms with Crippen LogP contribution in [0.15, 0.2) is 0 Å². The number of likely N-dealkylation sites (tertiary alicyclic amines) is 2. The van der Waals surface area contributed by atoms with Gasteiger partial charge in [0.05, 0.1) is 12.0 Å². The highest BCUT2D eigenvalue weighted by molar-refractivity contribution is 5.77. The zero-order valence-corrected chi connectivity index (χ0v) is 14.7. The average Bonchev–Trinajstić information content (AvgIpc) is 3.16. The number of ether oxygens (including phenoxy) is 2. The molecule has 6 nitrogen and oxygen atoms in total. The van der Waals surface area contributed by atoms with E-state index in [1.54, 1.807) is 7.11 Å². The van der Waals surface area contributed by atoms with Gasteiger partial charge in [0.25, 0.3) is 0 Å². The summed E-state index contributed by atoms with van der Waals surface area (Å²) in [5, 5.41) is 0. The zero-order chi connectivity index (χ0) is 16.9. The van der Waals surface area contributed by atoms with Gasteiger partial charge in [-0.3, -0.25) is 4.79 Å². The van der Waals surface area contributed by atoms with Crippen LogP contribution in [0.25, 0.3) is 0 Å². The molecule has 3 fully saturated rings. The molecule has 136 valence electrons. The number of piperidine rings is 1. The van der Waals surface area contributed by atoms with Crippen molar-refractivity contribution in [3.05, 3.63) is 0 Å². The van der Waals surface area contributed by atoms with E-state index in [4.69, 9.17) is 9.47 Å². The molecule has 0 aromatic heterocycles. The molecule has 3 rings (SSSR count). The summed E-state index contributed by atoms with van der Waals surface area (Å²) in [7, 11) is 1.69. The lowest BCUT2D eigenvalue weighted by Crippen LogP contribution is -2.49. The van der Waals surface area contributed by atoms with Crippen molar-refractivity contribution >= 4 is 12.0 Å². The van der Waals surface area contributed by atoms with Crippen LogP contribution in [0.2, 0.25) is 0 Å². The maximum Gasteiger partial charge on any atom is 0.320 e. The van der Waals surface area contributed by atoms with Crippen LogP contribution >= 0.6 is 0 Å². The van der Waals surface area contributed by atoms with Crippen LogP contribution in [0.4, 0.5) is 4.79 Å². The molecule has 3 atom stereocenters. The maximum absolute atomic E-state index is 12.6. The van der Waals surface area contributed by atoms with E-state index >= 15 is 0 Å². The van der Waals surface area contributed by atoms with E-state index in [1.165, 1.54) is 0 Å². The normalized spacial score (nSPS) is 31.1. The number of nitrogens with zero attached hydrogens (tertiary/aromatic N) is 2. The first kappa shape index (κ1) is 17.5. The minimum absolute atomic E-state index is 0.0219. The zero-order valence-electron chi connectivity index (χ0n) is 14.7. The summed E-state index contributed by atoms with van der Waals surface area (Å²) in [5.41, 5.74) is 0. The summed E-state index contributed by atoms with van der Waals surface area (Å²) < 4.78 is 11.2. The molecule has 0 spiro atoms. The lowest BCUT2D eigenvalue weighted by Gasteiger charge is -2.36. The van der Waals surface area contributed by atoms with Crippen molar-refractivity contribution in [1.82, 2.24) is 9.80 Å². The van der Waals surface area contributed by atoms with Gasteiger partial charge in [-0.05, 0) is 44.9 Å². The third-order valence-corrected chi connectivity index (χ3v) is 5.61. The Bertz CT molecular complexity index is 450. The molecule has 3 aliphatic rings. The van der Waals surface area contributed by atoms with Gasteiger partial charge in [0.1, 0.15) is 6.10 Å². The Morgan fingerprint density at radius 2 is 1.50 bits per heavy atom. The average molecular weight is 338 g/mol. The Kier molecular flexibility index (Phi) is 5.98. The van der Waals surface area contributed by atoms with E-state index in [1.807, 2.05) is 9.80 Å². The molecule has 0 N–H and O–H groups in total. The fraction of sp³-hybridized carbons (Fsp3) is 0.889. The first-order valence-corrected chi connectivity index (χ1v) is 9.46. The smallest absolute Gasteiger partial charge is 0.320 e. The molecule has 0 unspecified atom stereocenters. The first-order valence-electron chi connectivity index (χ1n) is 9.46. The number of urea groups is 1. The van der Waals surface area contributed by atoms with Gasteiger partial charge in [-0.15, -0.1) is 0 Å². The Morgan fingerprint density at radius 1 is 0.833 bits per heavy atom. The summed E-state index contributed by atoms with van der Waals surface area (Å²) in [6, 6.07) is 0.0948. The van der Waals surface area contributed by atoms with Crippen molar-refractivity contribution in [3.8, 4) is 0 Å². The van der Waals surface area contributed by atoms with Gasteiger partial charge in [-0.25, -0.2) is 4.79 Å². The van der Waals surface area contributed by atoms with Crippen LogP contribution in [0.1, 0.15) is 51.4 Å². The number of carbonyl (C=O) groups excluding carboxylic acids is 2. The lowest BCUT2D eigenvalue weighted by molar-refractivity contribution is -0.165. The van der Waals surface area contributed by atoms with Gasteiger partial charge < -0.3 is 19.3 Å². The van der Waals surface area contributed by atoms with Gasteiger partial charge in [-0.1, -0.05) is 6.42 Å². The van der Waals surface area contributed by atoms with E-state index in [-0.39, 0.29) is 30.1 Å². The highest BCUT2D eigenvalue weighted by Gasteiger charge is 2.35. The topological polar surface area (TPSA) is 59.1 Å². The summed E-state index contributed by atoms with van der Waals surface area (Å²) in [4.78, 5) is 28.9. The number of methoxy groups -OCH3 is 1. The van der Waals surface area contributed by atoms with E-state index in [2.05, 4.69) is 0 Å². The standard InChI is InChI=1S/C18H30N2O4/c1-23-15-8-2-3-9-16(15)24-17(21)14-7-6-12-20(13-14)18(22)19-10-4-5-11-19/h14-16H,2-13H2,1H3/t14-,15-,16-/m1/s1. The molecule has 1 aliphatic carbocycles. The second-order valence-electron chi connectivity index (χ2n) is 7.30. The highest BCUT2D eigenvalue weighted by atomic mass is 16.6. The largest absolute Gasteiger partial charge is 0.459 e. The molecule has 0 radical (unpaired) electrons. The summed E-state index contributed by atoms with van der Waals surface area (Å²) in [6.45, 7) is 2.95. The summed E-state index contributed by atoms with van der Waals surface area (Å²) >= 11 is 0. The number of amides is 2. The number of esters is 1. The molecular formula is C18H30N2O4. The van der Waals surface area contributed by atoms with Gasteiger partial charge >= 0.3 is 12.0 Å². The molecule has 0 aromatic rings. The van der Waals surface area contributed by atoms with Crippen LogP contribution in [0.3, 0.4) is 0 Å². The van der Waals surface area contributed by atoms with E-state index < -0.39 is 0 Å². The Balaban J connectivity index is 1.53. The fourth-order valence-corrected chi connectivity index (χ4v) is 4.16. The molecule has 2 saturated heterocycles. The van der Waals surface area contributed by atoms with Crippen LogP contribution in [-0.2, 0) is 14.3 Å². The molecule has 24 heavy (non-hydrogen) atoms. The SMILES string of the molecule is CO[C@@H]1CCCC[C@H]1OC(=O)[C@@H]1CCCN(C(=O)N2CCCC2)C1. The minimum Gasteiger partial charge on any atom is -0.459 e. The van der Waals surface area contributed by atoms with Crippen molar-refractivity contribution < 1.29 is 19.1 Å². The quantitative estimate of drug-likeness (QED) is 0.742. The third kappa shape index (κ3) is 4.02. The molecule has 0 aromatic carbocycles. The van der Waals surface area contributed by atoms with Gasteiger partial charge in [0.15, 0.2) is 0 Å². The van der Waals surface area contributed by atoms with Gasteiger partial charge in [0, 0.05) is 33.3 Å². The maximum atomic E-state index is 12.6. The number of rotatable bonds is 3. The Labute approximate surface area is 144 Å². The van der Waals surface area contributed by atoms with E-state index in [9.17, 15) is 9.59 Å². The molecule has 0 bridgehead atoms. The van der Waals surface area contributed by atoms with Crippen LogP contribution in [-0.4, -0.2) is 67.3 Å². The predicted molar refractivity (Wildman–Crippen MR) is 89.6 cm³/mol. The first-order chi connectivity index (χ1) is 11.7. The molecule has 2 heterocycles. The molecule has 2 amide bonds. The fourth-order valence-electron chi connectivity index (χ4n) is 4.16. The summed E-state index contributed by atoms with van der Waals surface area (Å²) in [5.74, 6) is -0.340. The second kappa shape index (κ2) is 8.19. The molecule has 2 aliphatic heterocycles. The van der Waals surface area contributed by atoms with Crippen molar-refractivity contribution in [1.29, 1.82) is 0 Å². The monoisotopic (exact) mass is 338 g/mol. The second-order valence-corrected chi connectivity index (χ2v) is 7.30. The van der Waals surface area contributed by atoms with E-state index in [0.717, 1.165) is 71.0 Å². The van der Waals surface area contributed by atoms with Crippen molar-refractivity contribution in [2.45, 2.75) is 63.6 Å². The number of carbonyl (C=O) groups is 2. The molecule has 1 saturated carbocycles. The minimum atomic E-state index is -0.190. The van der Waals surface area contributed by atoms with Crippen LogP contribution < -0.4 is 0 Å². The molecule has 6 heteroatoms. The number of hydrogen-bond acceptors (Lipinski definition) is 4. The predicted octanol–water partition coefficient (Wildman–Crippen LogP) is 2.42.